The average Bonchev–Trinajstić information content (AvgIpc) is 3.58. The van der Waals surface area contributed by atoms with Crippen LogP contribution in [-0.2, 0) is 5.75 Å². The summed E-state index contributed by atoms with van der Waals surface area (Å²) >= 11 is 1.62. The van der Waals surface area contributed by atoms with Gasteiger partial charge < -0.3 is 5.32 Å². The largest absolute Gasteiger partial charge is 0.351 e. The number of nitrogens with one attached hydrogen (secondary N) is 2. The van der Waals surface area contributed by atoms with Crippen molar-refractivity contribution in [2.45, 2.75) is 24.6 Å². The van der Waals surface area contributed by atoms with Gasteiger partial charge in [-0.05, 0) is 30.5 Å². The van der Waals surface area contributed by atoms with Gasteiger partial charge in [0.2, 0.25) is 0 Å². The normalized spacial score (nSPS) is 13.2. The van der Waals surface area contributed by atoms with Gasteiger partial charge in [-0.15, -0.1) is 0 Å². The van der Waals surface area contributed by atoms with Gasteiger partial charge in [-0.2, -0.15) is 17.0 Å². The molecule has 2 aromatic heterocycles. The number of benzene rings is 1. The number of carbonyl (C=O) groups is 1. The molecule has 1 aliphatic carbocycles. The smallest absolute Gasteiger partial charge is 0.330 e. The molecule has 2 heterocycles. The molecule has 0 unspecified atom stereocenters. The topological polar surface area (TPSA) is 121 Å². The number of hydrogen-bond donors (Lipinski definition) is 2. The summed E-state index contributed by atoms with van der Waals surface area (Å²) in [7, 11) is 0. The van der Waals surface area contributed by atoms with Crippen molar-refractivity contribution in [3.05, 3.63) is 74.1 Å². The number of nitrogens with zero attached hydrogens (tertiary/aromatic N) is 3. The van der Waals surface area contributed by atoms with E-state index in [0.29, 0.717) is 29.3 Å². The Hall–Kier alpha value is -3.38. The zero-order valence-corrected chi connectivity index (χ0v) is 16.9. The number of pyridine rings is 1. The second-order valence-electron chi connectivity index (χ2n) is 7.03. The maximum absolute atomic E-state index is 12.4. The minimum absolute atomic E-state index is 0.0622. The predicted molar refractivity (Wildman–Crippen MR) is 115 cm³/mol. The first-order valence-corrected chi connectivity index (χ1v) is 10.7. The SMILES string of the molecule is N#Cc1ccccc1CSCCNC(=O)c1cnc2c(c1)c(=O)[nH]c(=O)n2C1CC1. The second-order valence-corrected chi connectivity index (χ2v) is 8.14. The van der Waals surface area contributed by atoms with Gasteiger partial charge in [-0.1, -0.05) is 18.2 Å². The van der Waals surface area contributed by atoms with Gasteiger partial charge in [0, 0.05) is 30.3 Å². The van der Waals surface area contributed by atoms with Crippen LogP contribution >= 0.6 is 11.8 Å². The number of fused-ring (bicyclic) bond motifs is 1. The Balaban J connectivity index is 1.38. The fourth-order valence-corrected chi connectivity index (χ4v) is 4.07. The molecule has 152 valence electrons. The van der Waals surface area contributed by atoms with E-state index in [4.69, 9.17) is 5.26 Å². The summed E-state index contributed by atoms with van der Waals surface area (Å²) in [5, 5.41) is 12.2. The zero-order valence-electron chi connectivity index (χ0n) is 16.1. The Morgan fingerprint density at radius 2 is 2.13 bits per heavy atom. The molecule has 9 heteroatoms. The zero-order chi connectivity index (χ0) is 21.1. The van der Waals surface area contributed by atoms with E-state index in [2.05, 4.69) is 21.4 Å². The molecule has 1 aromatic carbocycles. The molecule has 0 saturated heterocycles. The van der Waals surface area contributed by atoms with Crippen LogP contribution in [0.3, 0.4) is 0 Å². The van der Waals surface area contributed by atoms with Gasteiger partial charge in [0.15, 0.2) is 0 Å². The monoisotopic (exact) mass is 421 g/mol. The lowest BCUT2D eigenvalue weighted by molar-refractivity contribution is 0.0956. The van der Waals surface area contributed by atoms with Gasteiger partial charge in [0.25, 0.3) is 11.5 Å². The summed E-state index contributed by atoms with van der Waals surface area (Å²) in [5.41, 5.74) is 1.21. The van der Waals surface area contributed by atoms with Crippen molar-refractivity contribution in [2.75, 3.05) is 12.3 Å². The Labute approximate surface area is 176 Å². The van der Waals surface area contributed by atoms with Gasteiger partial charge >= 0.3 is 5.69 Å². The highest BCUT2D eigenvalue weighted by molar-refractivity contribution is 7.98. The Bertz CT molecular complexity index is 1270. The predicted octanol–water partition coefficient (Wildman–Crippen LogP) is 1.95. The summed E-state index contributed by atoms with van der Waals surface area (Å²) in [6, 6.07) is 11.2. The number of thioether (sulfide) groups is 1. The van der Waals surface area contributed by atoms with Crippen LogP contribution in [0.5, 0.6) is 0 Å². The first-order chi connectivity index (χ1) is 14.6. The molecule has 1 aliphatic rings. The van der Waals surface area contributed by atoms with Gasteiger partial charge in [0.1, 0.15) is 5.65 Å². The highest BCUT2D eigenvalue weighted by Gasteiger charge is 2.27. The molecule has 3 aromatic rings. The van der Waals surface area contributed by atoms with E-state index in [1.807, 2.05) is 18.2 Å². The molecule has 0 bridgehead atoms. The van der Waals surface area contributed by atoms with E-state index in [1.54, 1.807) is 17.8 Å². The van der Waals surface area contributed by atoms with Crippen LogP contribution in [-0.4, -0.2) is 32.7 Å². The second kappa shape index (κ2) is 8.55. The maximum atomic E-state index is 12.4. The quantitative estimate of drug-likeness (QED) is 0.563. The molecule has 0 radical (unpaired) electrons. The van der Waals surface area contributed by atoms with Crippen LogP contribution in [0.4, 0.5) is 0 Å². The first-order valence-electron chi connectivity index (χ1n) is 9.57. The highest BCUT2D eigenvalue weighted by Crippen LogP contribution is 2.34. The molecular weight excluding hydrogens is 402 g/mol. The van der Waals surface area contributed by atoms with Gasteiger partial charge in [0.05, 0.1) is 22.6 Å². The molecule has 1 saturated carbocycles. The van der Waals surface area contributed by atoms with Crippen molar-refractivity contribution in [3.8, 4) is 6.07 Å². The standard InChI is InChI=1S/C21H19N5O3S/c22-10-13-3-1-2-4-14(13)12-30-8-7-23-19(27)15-9-17-18(24-11-15)26(16-5-6-16)21(29)25-20(17)28/h1-4,9,11,16H,5-8,12H2,(H,23,27)(H,25,28,29). The van der Waals surface area contributed by atoms with E-state index >= 15 is 0 Å². The maximum Gasteiger partial charge on any atom is 0.330 e. The third-order valence-corrected chi connectivity index (χ3v) is 5.89. The fraction of sp³-hybridized carbons (Fsp3) is 0.286. The molecule has 0 spiro atoms. The van der Waals surface area contributed by atoms with Crippen LogP contribution in [0, 0.1) is 11.3 Å². The summed E-state index contributed by atoms with van der Waals surface area (Å²) in [6.45, 7) is 0.439. The van der Waals surface area contributed by atoms with Crippen LogP contribution < -0.4 is 16.6 Å². The third-order valence-electron chi connectivity index (χ3n) is 4.88. The lowest BCUT2D eigenvalue weighted by Gasteiger charge is -2.09. The summed E-state index contributed by atoms with van der Waals surface area (Å²) in [6.07, 6.45) is 3.15. The summed E-state index contributed by atoms with van der Waals surface area (Å²) in [4.78, 5) is 43.2. The molecule has 0 atom stereocenters. The highest BCUT2D eigenvalue weighted by atomic mass is 32.2. The van der Waals surface area contributed by atoms with E-state index in [9.17, 15) is 14.4 Å². The number of carbonyl (C=O) groups excluding carboxylic acids is 1. The number of amides is 1. The van der Waals surface area contributed by atoms with Crippen LogP contribution in [0.1, 0.15) is 40.4 Å². The summed E-state index contributed by atoms with van der Waals surface area (Å²) in [5.74, 6) is 1.03. The van der Waals surface area contributed by atoms with E-state index < -0.39 is 11.2 Å². The number of rotatable bonds is 7. The van der Waals surface area contributed by atoms with Crippen molar-refractivity contribution in [2.24, 2.45) is 0 Å². The van der Waals surface area contributed by atoms with E-state index in [-0.39, 0.29) is 22.9 Å². The minimum atomic E-state index is -0.541. The van der Waals surface area contributed by atoms with E-state index in [0.717, 1.165) is 18.4 Å². The average molecular weight is 421 g/mol. The van der Waals surface area contributed by atoms with Crippen LogP contribution in [0.25, 0.3) is 11.0 Å². The van der Waals surface area contributed by atoms with Crippen molar-refractivity contribution in [1.29, 1.82) is 5.26 Å². The summed E-state index contributed by atoms with van der Waals surface area (Å²) < 4.78 is 1.49. The van der Waals surface area contributed by atoms with Crippen molar-refractivity contribution >= 4 is 28.7 Å². The van der Waals surface area contributed by atoms with Gasteiger partial charge in [-0.3, -0.25) is 19.1 Å². The number of aromatic nitrogens is 3. The van der Waals surface area contributed by atoms with Crippen LogP contribution in [0.2, 0.25) is 0 Å². The Morgan fingerprint density at radius 1 is 1.33 bits per heavy atom. The molecule has 2 N–H and O–H groups in total. The van der Waals surface area contributed by atoms with Crippen molar-refractivity contribution in [3.63, 3.8) is 0 Å². The van der Waals surface area contributed by atoms with Gasteiger partial charge in [-0.25, -0.2) is 9.78 Å². The third kappa shape index (κ3) is 4.14. The number of hydrogen-bond acceptors (Lipinski definition) is 6. The molecule has 1 amide bonds. The molecule has 8 nitrogen and oxygen atoms in total. The molecule has 0 aliphatic heterocycles. The molecular formula is C21H19N5O3S. The number of H-pyrrole nitrogens is 1. The number of nitriles is 1. The van der Waals surface area contributed by atoms with Crippen LogP contribution in [0.15, 0.2) is 46.1 Å². The van der Waals surface area contributed by atoms with E-state index in [1.165, 1.54) is 16.8 Å². The Morgan fingerprint density at radius 3 is 2.90 bits per heavy atom. The first kappa shape index (κ1) is 19.9. The van der Waals surface area contributed by atoms with Crippen molar-refractivity contribution < 1.29 is 4.79 Å². The molecule has 30 heavy (non-hydrogen) atoms. The fourth-order valence-electron chi connectivity index (χ4n) is 3.21. The Kier molecular flexibility index (Phi) is 5.68. The minimum Gasteiger partial charge on any atom is -0.351 e. The number of aromatic amines is 1. The van der Waals surface area contributed by atoms with Crippen molar-refractivity contribution in [1.82, 2.24) is 19.9 Å². The lowest BCUT2D eigenvalue weighted by atomic mass is 10.1. The molecule has 4 rings (SSSR count). The lowest BCUT2D eigenvalue weighted by Crippen LogP contribution is -2.31. The molecule has 1 fully saturated rings.